The number of halogens is 1. The van der Waals surface area contributed by atoms with E-state index in [2.05, 4.69) is 15.0 Å². The summed E-state index contributed by atoms with van der Waals surface area (Å²) in [4.78, 5) is 18.2. The lowest BCUT2D eigenvalue weighted by Crippen LogP contribution is -2.23. The second kappa shape index (κ2) is 9.59. The van der Waals surface area contributed by atoms with Crippen molar-refractivity contribution in [1.29, 1.82) is 0 Å². The van der Waals surface area contributed by atoms with Gasteiger partial charge in [-0.1, -0.05) is 36.7 Å². The Labute approximate surface area is 185 Å². The number of rotatable bonds is 8. The molecule has 6 nitrogen and oxygen atoms in total. The molecule has 2 N–H and O–H groups in total. The predicted molar refractivity (Wildman–Crippen MR) is 123 cm³/mol. The molecule has 0 bridgehead atoms. The average molecular weight is 464 g/mol. The number of sulfonamides is 1. The summed E-state index contributed by atoms with van der Waals surface area (Å²) in [7, 11) is -3.41. The Balaban J connectivity index is 1.67. The van der Waals surface area contributed by atoms with Crippen LogP contribution in [0.4, 0.5) is 5.69 Å². The number of anilines is 1. The fourth-order valence-corrected chi connectivity index (χ4v) is 5.03. The van der Waals surface area contributed by atoms with Crippen molar-refractivity contribution in [2.45, 2.75) is 26.8 Å². The summed E-state index contributed by atoms with van der Waals surface area (Å²) >= 11 is 7.46. The van der Waals surface area contributed by atoms with E-state index in [1.165, 1.54) is 17.4 Å². The van der Waals surface area contributed by atoms with E-state index in [4.69, 9.17) is 11.6 Å². The molecule has 0 saturated carbocycles. The molecule has 9 heteroatoms. The van der Waals surface area contributed by atoms with Gasteiger partial charge in [0, 0.05) is 26.7 Å². The molecule has 0 atom stereocenters. The van der Waals surface area contributed by atoms with Crippen molar-refractivity contribution in [3.8, 4) is 11.3 Å². The minimum atomic E-state index is -3.41. The number of nitrogens with one attached hydrogen (secondary N) is 2. The van der Waals surface area contributed by atoms with E-state index in [0.717, 1.165) is 21.1 Å². The highest BCUT2D eigenvalue weighted by Crippen LogP contribution is 2.28. The van der Waals surface area contributed by atoms with Crippen molar-refractivity contribution in [2.24, 2.45) is 0 Å². The van der Waals surface area contributed by atoms with Gasteiger partial charge >= 0.3 is 0 Å². The molecule has 0 spiro atoms. The van der Waals surface area contributed by atoms with E-state index in [1.54, 1.807) is 25.1 Å². The lowest BCUT2D eigenvalue weighted by Gasteiger charge is -2.09. The molecule has 3 rings (SSSR count). The molecular formula is C21H22ClN3O3S2. The first-order chi connectivity index (χ1) is 14.3. The van der Waals surface area contributed by atoms with E-state index in [0.29, 0.717) is 22.7 Å². The van der Waals surface area contributed by atoms with Gasteiger partial charge in [0.15, 0.2) is 0 Å². The second-order valence-electron chi connectivity index (χ2n) is 6.70. The van der Waals surface area contributed by atoms with Gasteiger partial charge in [-0.05, 0) is 43.7 Å². The van der Waals surface area contributed by atoms with Crippen LogP contribution >= 0.6 is 22.9 Å². The van der Waals surface area contributed by atoms with Gasteiger partial charge in [-0.15, -0.1) is 11.3 Å². The summed E-state index contributed by atoms with van der Waals surface area (Å²) in [5.74, 6) is -0.268. The molecule has 2 aromatic carbocycles. The minimum absolute atomic E-state index is 0.0305. The average Bonchev–Trinajstić information content (AvgIpc) is 3.07. The van der Waals surface area contributed by atoms with Crippen molar-refractivity contribution < 1.29 is 13.2 Å². The van der Waals surface area contributed by atoms with Gasteiger partial charge in [-0.25, -0.2) is 13.4 Å². The topological polar surface area (TPSA) is 88.2 Å². The maximum atomic E-state index is 12.5. The quantitative estimate of drug-likeness (QED) is 0.499. The van der Waals surface area contributed by atoms with Gasteiger partial charge in [-0.3, -0.25) is 9.52 Å². The third kappa shape index (κ3) is 5.81. The Morgan fingerprint density at radius 1 is 1.17 bits per heavy atom. The summed E-state index contributed by atoms with van der Waals surface area (Å²) in [6, 6.07) is 13.9. The highest BCUT2D eigenvalue weighted by Gasteiger charge is 2.13. The van der Waals surface area contributed by atoms with E-state index in [-0.39, 0.29) is 18.2 Å². The zero-order valence-electron chi connectivity index (χ0n) is 16.6. The lowest BCUT2D eigenvalue weighted by atomic mass is 10.1. The Morgan fingerprint density at radius 3 is 2.60 bits per heavy atom. The molecule has 0 aliphatic rings. The molecule has 1 heterocycles. The first-order valence-corrected chi connectivity index (χ1v) is 12.2. The summed E-state index contributed by atoms with van der Waals surface area (Å²) in [5, 5.41) is 4.29. The van der Waals surface area contributed by atoms with E-state index in [1.807, 2.05) is 31.2 Å². The number of nitrogens with zero attached hydrogens (tertiary/aromatic N) is 1. The standard InChI is InChI=1S/C21H22ClN3O3S2/c1-3-11-30(27,28)25-18-6-4-5-16(12-18)21(26)23-13-19-24-20(14(2)29-19)15-7-9-17(22)10-8-15/h4-10,12,25H,3,11,13H2,1-2H3,(H,23,26). The van der Waals surface area contributed by atoms with Crippen LogP contribution in [0.3, 0.4) is 0 Å². The van der Waals surface area contributed by atoms with Crippen LogP contribution in [0.25, 0.3) is 11.3 Å². The third-order valence-corrected chi connectivity index (χ3v) is 6.94. The number of carbonyl (C=O) groups excluding carboxylic acids is 1. The SMILES string of the molecule is CCCS(=O)(=O)Nc1cccc(C(=O)NCc2nc(-c3ccc(Cl)cc3)c(C)s2)c1. The molecule has 3 aromatic rings. The van der Waals surface area contributed by atoms with Gasteiger partial charge in [-0.2, -0.15) is 0 Å². The highest BCUT2D eigenvalue weighted by molar-refractivity contribution is 7.92. The maximum absolute atomic E-state index is 12.5. The second-order valence-corrected chi connectivity index (χ2v) is 10.3. The number of thiazole rings is 1. The van der Waals surface area contributed by atoms with Crippen molar-refractivity contribution in [2.75, 3.05) is 10.5 Å². The minimum Gasteiger partial charge on any atom is -0.346 e. The smallest absolute Gasteiger partial charge is 0.251 e. The Morgan fingerprint density at radius 2 is 1.90 bits per heavy atom. The van der Waals surface area contributed by atoms with E-state index >= 15 is 0 Å². The van der Waals surface area contributed by atoms with Crippen LogP contribution in [0.5, 0.6) is 0 Å². The highest BCUT2D eigenvalue weighted by atomic mass is 35.5. The number of amides is 1. The zero-order chi connectivity index (χ0) is 21.7. The summed E-state index contributed by atoms with van der Waals surface area (Å²) < 4.78 is 26.4. The zero-order valence-corrected chi connectivity index (χ0v) is 19.0. The molecule has 1 amide bonds. The molecule has 0 aliphatic heterocycles. The molecule has 30 heavy (non-hydrogen) atoms. The van der Waals surface area contributed by atoms with Crippen LogP contribution in [-0.4, -0.2) is 25.1 Å². The first-order valence-electron chi connectivity index (χ1n) is 9.38. The van der Waals surface area contributed by atoms with Gasteiger partial charge in [0.1, 0.15) is 5.01 Å². The first kappa shape index (κ1) is 22.3. The number of hydrogen-bond donors (Lipinski definition) is 2. The van der Waals surface area contributed by atoms with Crippen LogP contribution < -0.4 is 10.0 Å². The van der Waals surface area contributed by atoms with Crippen LogP contribution in [-0.2, 0) is 16.6 Å². The van der Waals surface area contributed by atoms with Crippen molar-refractivity contribution in [3.63, 3.8) is 0 Å². The van der Waals surface area contributed by atoms with Crippen molar-refractivity contribution in [3.05, 3.63) is 69.0 Å². The van der Waals surface area contributed by atoms with E-state index < -0.39 is 10.0 Å². The van der Waals surface area contributed by atoms with Crippen molar-refractivity contribution in [1.82, 2.24) is 10.3 Å². The fourth-order valence-electron chi connectivity index (χ4n) is 2.88. The van der Waals surface area contributed by atoms with Crippen LogP contribution in [0.1, 0.15) is 33.6 Å². The summed E-state index contributed by atoms with van der Waals surface area (Å²) in [6.07, 6.45) is 0.515. The van der Waals surface area contributed by atoms with Gasteiger partial charge < -0.3 is 5.32 Å². The number of benzene rings is 2. The maximum Gasteiger partial charge on any atom is 0.251 e. The van der Waals surface area contributed by atoms with Gasteiger partial charge in [0.2, 0.25) is 10.0 Å². The number of hydrogen-bond acceptors (Lipinski definition) is 5. The summed E-state index contributed by atoms with van der Waals surface area (Å²) in [6.45, 7) is 4.06. The molecule has 0 unspecified atom stereocenters. The molecule has 0 aliphatic carbocycles. The van der Waals surface area contributed by atoms with Gasteiger partial charge in [0.05, 0.1) is 18.0 Å². The Hall–Kier alpha value is -2.42. The van der Waals surface area contributed by atoms with E-state index in [9.17, 15) is 13.2 Å². The molecule has 0 saturated heterocycles. The predicted octanol–water partition coefficient (Wildman–Crippen LogP) is 4.85. The third-order valence-electron chi connectivity index (χ3n) is 4.23. The molecule has 0 fully saturated rings. The normalized spacial score (nSPS) is 11.3. The van der Waals surface area contributed by atoms with Crippen LogP contribution in [0.15, 0.2) is 48.5 Å². The molecule has 1 aromatic heterocycles. The summed E-state index contributed by atoms with van der Waals surface area (Å²) in [5.41, 5.74) is 2.58. The lowest BCUT2D eigenvalue weighted by molar-refractivity contribution is 0.0951. The monoisotopic (exact) mass is 463 g/mol. The molecule has 0 radical (unpaired) electrons. The van der Waals surface area contributed by atoms with Crippen molar-refractivity contribution >= 4 is 44.6 Å². The Kier molecular flexibility index (Phi) is 7.12. The number of aryl methyl sites for hydroxylation is 1. The fraction of sp³-hybridized carbons (Fsp3) is 0.238. The van der Waals surface area contributed by atoms with Crippen LogP contribution in [0.2, 0.25) is 5.02 Å². The molecule has 158 valence electrons. The largest absolute Gasteiger partial charge is 0.346 e. The van der Waals surface area contributed by atoms with Gasteiger partial charge in [0.25, 0.3) is 5.91 Å². The Bertz CT molecular complexity index is 1140. The van der Waals surface area contributed by atoms with Crippen LogP contribution in [0, 0.1) is 6.92 Å². The number of aromatic nitrogens is 1. The molecular weight excluding hydrogens is 442 g/mol. The number of carbonyl (C=O) groups is 1.